The average Bonchev–Trinajstić information content (AvgIpc) is 3.36. The number of ether oxygens (including phenoxy) is 1. The lowest BCUT2D eigenvalue weighted by Gasteiger charge is -2.37. The molecule has 0 atom stereocenters. The Labute approximate surface area is 200 Å². The zero-order valence-corrected chi connectivity index (χ0v) is 20.4. The Hall–Kier alpha value is -3.17. The molecule has 2 aromatic heterocycles. The first-order valence-electron chi connectivity index (χ1n) is 11.9. The predicted molar refractivity (Wildman–Crippen MR) is 133 cm³/mol. The largest absolute Gasteiger partial charge is 0.487 e. The lowest BCUT2D eigenvalue weighted by molar-refractivity contribution is 0.102. The molecule has 1 saturated heterocycles. The van der Waals surface area contributed by atoms with Crippen LogP contribution in [0, 0.1) is 0 Å². The Kier molecular flexibility index (Phi) is 5.91. The first-order valence-corrected chi connectivity index (χ1v) is 11.9. The number of nitrogens with zero attached hydrogens (tertiary/aromatic N) is 6. The van der Waals surface area contributed by atoms with Crippen molar-refractivity contribution in [2.75, 3.05) is 63.6 Å². The van der Waals surface area contributed by atoms with Crippen LogP contribution in [0.15, 0.2) is 36.8 Å². The highest BCUT2D eigenvalue weighted by Crippen LogP contribution is 2.42. The third kappa shape index (κ3) is 4.58. The number of amides is 1. The van der Waals surface area contributed by atoms with Crippen molar-refractivity contribution in [2.24, 2.45) is 0 Å². The van der Waals surface area contributed by atoms with E-state index < -0.39 is 0 Å². The fourth-order valence-corrected chi connectivity index (χ4v) is 4.73. The van der Waals surface area contributed by atoms with Gasteiger partial charge in [0.1, 0.15) is 16.9 Å². The van der Waals surface area contributed by atoms with Gasteiger partial charge in [-0.3, -0.25) is 9.69 Å². The quantitative estimate of drug-likeness (QED) is 0.601. The molecular formula is C25H33N7O2. The third-order valence-electron chi connectivity index (χ3n) is 6.53. The molecule has 0 aliphatic carbocycles. The van der Waals surface area contributed by atoms with Gasteiger partial charge in [0, 0.05) is 69.7 Å². The van der Waals surface area contributed by atoms with Crippen molar-refractivity contribution >= 4 is 22.9 Å². The number of benzene rings is 1. The Balaban J connectivity index is 1.41. The van der Waals surface area contributed by atoms with E-state index in [1.165, 1.54) is 0 Å². The lowest BCUT2D eigenvalue weighted by Crippen LogP contribution is -2.48. The molecule has 3 aromatic rings. The topological polar surface area (TPSA) is 78.2 Å². The number of fused-ring (bicyclic) bond motifs is 2. The second-order valence-electron chi connectivity index (χ2n) is 10.0. The summed E-state index contributed by atoms with van der Waals surface area (Å²) >= 11 is 0. The van der Waals surface area contributed by atoms with Crippen LogP contribution in [0.25, 0.3) is 5.65 Å². The second-order valence-corrected chi connectivity index (χ2v) is 10.0. The molecule has 0 bridgehead atoms. The summed E-state index contributed by atoms with van der Waals surface area (Å²) in [4.78, 5) is 24.7. The Morgan fingerprint density at radius 1 is 1.21 bits per heavy atom. The van der Waals surface area contributed by atoms with Gasteiger partial charge >= 0.3 is 0 Å². The van der Waals surface area contributed by atoms with Crippen LogP contribution in [0.1, 0.15) is 29.8 Å². The van der Waals surface area contributed by atoms with Crippen LogP contribution in [0.3, 0.4) is 0 Å². The van der Waals surface area contributed by atoms with Gasteiger partial charge in [-0.2, -0.15) is 5.10 Å². The molecule has 4 heterocycles. The highest BCUT2D eigenvalue weighted by atomic mass is 16.5. The maximum Gasteiger partial charge on any atom is 0.261 e. The van der Waals surface area contributed by atoms with Crippen LogP contribution >= 0.6 is 0 Å². The predicted octanol–water partition coefficient (Wildman–Crippen LogP) is 2.38. The van der Waals surface area contributed by atoms with Crippen LogP contribution < -0.4 is 15.0 Å². The van der Waals surface area contributed by atoms with E-state index in [1.54, 1.807) is 29.2 Å². The number of piperazine rings is 1. The minimum Gasteiger partial charge on any atom is -0.487 e. The van der Waals surface area contributed by atoms with E-state index in [4.69, 9.17) is 4.74 Å². The van der Waals surface area contributed by atoms with Gasteiger partial charge in [0.2, 0.25) is 0 Å². The molecule has 9 heteroatoms. The van der Waals surface area contributed by atoms with Crippen LogP contribution in [0.5, 0.6) is 5.75 Å². The van der Waals surface area contributed by atoms with Crippen molar-refractivity contribution in [2.45, 2.75) is 25.9 Å². The monoisotopic (exact) mass is 463 g/mol. The van der Waals surface area contributed by atoms with E-state index >= 15 is 0 Å². The molecule has 1 aromatic carbocycles. The van der Waals surface area contributed by atoms with Gasteiger partial charge in [0.05, 0.1) is 17.6 Å². The molecule has 2 aliphatic heterocycles. The number of aromatic nitrogens is 3. The van der Waals surface area contributed by atoms with Crippen LogP contribution in [-0.2, 0) is 6.42 Å². The molecule has 0 radical (unpaired) electrons. The van der Waals surface area contributed by atoms with E-state index in [2.05, 4.69) is 70.2 Å². The SMILES string of the molecule is CN(C)CCN1CCN(c2cc3c(cc2NC(=O)c2cnn4cccnc24)CC(C)(C)O3)CC1. The minimum atomic E-state index is -0.251. The molecule has 9 nitrogen and oxygen atoms in total. The highest BCUT2D eigenvalue weighted by Gasteiger charge is 2.32. The van der Waals surface area contributed by atoms with Crippen molar-refractivity contribution in [3.05, 3.63) is 47.9 Å². The normalized spacial score (nSPS) is 17.7. The van der Waals surface area contributed by atoms with E-state index in [-0.39, 0.29) is 11.5 Å². The highest BCUT2D eigenvalue weighted by molar-refractivity contribution is 6.09. The maximum atomic E-state index is 13.3. The number of nitrogens with one attached hydrogen (secondary N) is 1. The maximum absolute atomic E-state index is 13.3. The number of hydrogen-bond donors (Lipinski definition) is 1. The molecule has 0 unspecified atom stereocenters. The second kappa shape index (κ2) is 8.88. The van der Waals surface area contributed by atoms with Crippen molar-refractivity contribution in [3.63, 3.8) is 0 Å². The van der Waals surface area contributed by atoms with Crippen molar-refractivity contribution in [3.8, 4) is 5.75 Å². The van der Waals surface area contributed by atoms with Gasteiger partial charge in [-0.1, -0.05) is 0 Å². The summed E-state index contributed by atoms with van der Waals surface area (Å²) in [5.41, 5.74) is 3.67. The van der Waals surface area contributed by atoms with Crippen LogP contribution in [-0.4, -0.2) is 89.3 Å². The summed E-state index contributed by atoms with van der Waals surface area (Å²) in [6, 6.07) is 5.97. The molecule has 1 amide bonds. The molecule has 1 fully saturated rings. The van der Waals surface area contributed by atoms with E-state index in [1.807, 2.05) is 0 Å². The van der Waals surface area contributed by atoms with Gasteiger partial charge in [-0.15, -0.1) is 0 Å². The number of carbonyl (C=O) groups excluding carboxylic acids is 1. The molecule has 34 heavy (non-hydrogen) atoms. The van der Waals surface area contributed by atoms with Crippen molar-refractivity contribution in [1.82, 2.24) is 24.4 Å². The summed E-state index contributed by atoms with van der Waals surface area (Å²) in [5.74, 6) is 0.698. The van der Waals surface area contributed by atoms with Crippen molar-refractivity contribution in [1.29, 1.82) is 0 Å². The van der Waals surface area contributed by atoms with Crippen molar-refractivity contribution < 1.29 is 9.53 Å². The van der Waals surface area contributed by atoms with Gasteiger partial charge in [0.15, 0.2) is 5.65 Å². The minimum absolute atomic E-state index is 0.210. The number of hydrogen-bond acceptors (Lipinski definition) is 7. The summed E-state index contributed by atoms with van der Waals surface area (Å²) in [7, 11) is 4.22. The zero-order valence-electron chi connectivity index (χ0n) is 20.4. The van der Waals surface area contributed by atoms with Gasteiger partial charge in [-0.05, 0) is 40.1 Å². The summed E-state index contributed by atoms with van der Waals surface area (Å²) in [6.45, 7) is 10.1. The molecule has 0 saturated carbocycles. The van der Waals surface area contributed by atoms with Crippen LogP contribution in [0.4, 0.5) is 11.4 Å². The molecule has 5 rings (SSSR count). The average molecular weight is 464 g/mol. The standard InChI is InChI=1S/C25H33N7O2/c1-25(2)16-18-14-20(28-24(33)19-17-27-32-7-5-6-26-23(19)32)21(15-22(18)34-25)31-12-10-30(11-13-31)9-8-29(3)4/h5-7,14-15,17H,8-13,16H2,1-4H3,(H,28,33). The summed E-state index contributed by atoms with van der Waals surface area (Å²) in [5, 5.41) is 7.42. The smallest absolute Gasteiger partial charge is 0.261 e. The number of rotatable bonds is 6. The Morgan fingerprint density at radius 2 is 2.00 bits per heavy atom. The van der Waals surface area contributed by atoms with E-state index in [0.717, 1.165) is 68.4 Å². The van der Waals surface area contributed by atoms with Crippen LogP contribution in [0.2, 0.25) is 0 Å². The van der Waals surface area contributed by atoms with E-state index in [0.29, 0.717) is 11.2 Å². The first-order chi connectivity index (χ1) is 16.3. The Morgan fingerprint density at radius 3 is 2.76 bits per heavy atom. The number of carbonyl (C=O) groups is 1. The summed E-state index contributed by atoms with van der Waals surface area (Å²) < 4.78 is 7.84. The zero-order chi connectivity index (χ0) is 23.9. The fraction of sp³-hybridized carbons (Fsp3) is 0.480. The molecule has 180 valence electrons. The fourth-order valence-electron chi connectivity index (χ4n) is 4.73. The molecule has 1 N–H and O–H groups in total. The Bertz CT molecular complexity index is 1200. The number of anilines is 2. The molecular weight excluding hydrogens is 430 g/mol. The van der Waals surface area contributed by atoms with Gasteiger partial charge in [-0.25, -0.2) is 9.50 Å². The van der Waals surface area contributed by atoms with E-state index in [9.17, 15) is 4.79 Å². The lowest BCUT2D eigenvalue weighted by atomic mass is 10.0. The molecule has 2 aliphatic rings. The molecule has 0 spiro atoms. The van der Waals surface area contributed by atoms with Gasteiger partial charge < -0.3 is 19.9 Å². The summed E-state index contributed by atoms with van der Waals surface area (Å²) in [6.07, 6.45) is 5.83. The first kappa shape index (κ1) is 22.6. The third-order valence-corrected chi connectivity index (χ3v) is 6.53. The number of likely N-dealkylation sites (N-methyl/N-ethyl adjacent to an activating group) is 1. The van der Waals surface area contributed by atoms with Gasteiger partial charge in [0.25, 0.3) is 5.91 Å².